The Balaban J connectivity index is 1.47. The molecule has 1 amide bonds. The molecule has 0 fully saturated rings. The molecule has 0 unspecified atom stereocenters. The zero-order valence-electron chi connectivity index (χ0n) is 14.5. The van der Waals surface area contributed by atoms with Crippen molar-refractivity contribution in [1.82, 2.24) is 20.3 Å². The molecule has 0 spiro atoms. The Morgan fingerprint density at radius 1 is 0.929 bits per heavy atom. The van der Waals surface area contributed by atoms with Crippen LogP contribution in [0.25, 0.3) is 16.7 Å². The first-order valence-electron chi connectivity index (χ1n) is 8.39. The highest BCUT2D eigenvalue weighted by atomic mass is 35.5. The molecule has 0 aliphatic rings. The molecule has 0 atom stereocenters. The number of hydrogen-bond donors (Lipinski definition) is 2. The molecule has 6 nitrogen and oxygen atoms in total. The summed E-state index contributed by atoms with van der Waals surface area (Å²) < 4.78 is 0. The van der Waals surface area contributed by atoms with Gasteiger partial charge in [-0.3, -0.25) is 10.1 Å². The predicted octanol–water partition coefficient (Wildman–Crippen LogP) is 4.20. The maximum atomic E-state index is 12.2. The van der Waals surface area contributed by atoms with E-state index in [1.807, 2.05) is 48.5 Å². The van der Waals surface area contributed by atoms with E-state index >= 15 is 0 Å². The van der Waals surface area contributed by atoms with Crippen LogP contribution in [0.3, 0.4) is 0 Å². The van der Waals surface area contributed by atoms with Gasteiger partial charge in [-0.15, -0.1) is 10.2 Å². The molecular formula is C20H14ClN5OS. The van der Waals surface area contributed by atoms with Gasteiger partial charge in [0.25, 0.3) is 5.91 Å². The van der Waals surface area contributed by atoms with Crippen LogP contribution in [0.4, 0.5) is 5.69 Å². The van der Waals surface area contributed by atoms with Gasteiger partial charge < -0.3 is 5.32 Å². The van der Waals surface area contributed by atoms with Crippen LogP contribution in [0.2, 0.25) is 5.02 Å². The van der Waals surface area contributed by atoms with E-state index in [2.05, 4.69) is 20.8 Å². The Kier molecular flexibility index (Phi) is 5.01. The summed E-state index contributed by atoms with van der Waals surface area (Å²) in [6.45, 7) is 0. The van der Waals surface area contributed by atoms with E-state index in [1.54, 1.807) is 29.1 Å². The Morgan fingerprint density at radius 3 is 2.39 bits per heavy atom. The van der Waals surface area contributed by atoms with Gasteiger partial charge in [0, 0.05) is 16.3 Å². The molecule has 4 rings (SSSR count). The van der Waals surface area contributed by atoms with E-state index < -0.39 is 0 Å². The largest absolute Gasteiger partial charge is 0.332 e. The van der Waals surface area contributed by atoms with Crippen molar-refractivity contribution in [2.24, 2.45) is 0 Å². The Labute approximate surface area is 171 Å². The van der Waals surface area contributed by atoms with E-state index in [1.165, 1.54) is 0 Å². The van der Waals surface area contributed by atoms with E-state index in [0.29, 0.717) is 21.8 Å². The maximum Gasteiger partial charge on any atom is 0.257 e. The number of rotatable bonds is 3. The van der Waals surface area contributed by atoms with Crippen LogP contribution >= 0.6 is 23.8 Å². The second kappa shape index (κ2) is 7.75. The minimum absolute atomic E-state index is 0.190. The van der Waals surface area contributed by atoms with Crippen LogP contribution < -0.4 is 10.6 Å². The van der Waals surface area contributed by atoms with Gasteiger partial charge in [0.15, 0.2) is 5.11 Å². The Bertz CT molecular complexity index is 1160. The van der Waals surface area contributed by atoms with E-state index in [4.69, 9.17) is 23.8 Å². The van der Waals surface area contributed by atoms with Crippen LogP contribution in [0.5, 0.6) is 0 Å². The molecule has 0 aliphatic carbocycles. The summed E-state index contributed by atoms with van der Waals surface area (Å²) in [7, 11) is 0. The smallest absolute Gasteiger partial charge is 0.257 e. The number of halogens is 1. The quantitative estimate of drug-likeness (QED) is 0.498. The zero-order chi connectivity index (χ0) is 19.5. The Hall–Kier alpha value is -3.29. The van der Waals surface area contributed by atoms with Crippen molar-refractivity contribution in [2.45, 2.75) is 0 Å². The Morgan fingerprint density at radius 2 is 1.64 bits per heavy atom. The first kappa shape index (κ1) is 18.1. The number of aromatic nitrogens is 3. The highest BCUT2D eigenvalue weighted by molar-refractivity contribution is 7.80. The lowest BCUT2D eigenvalue weighted by molar-refractivity contribution is 0.0978. The number of anilines is 1. The number of nitrogens with one attached hydrogen (secondary N) is 2. The van der Waals surface area contributed by atoms with Crippen LogP contribution in [0.15, 0.2) is 72.8 Å². The average Bonchev–Trinajstić information content (AvgIpc) is 3.12. The zero-order valence-corrected chi connectivity index (χ0v) is 16.0. The molecule has 1 heterocycles. The summed E-state index contributed by atoms with van der Waals surface area (Å²) in [5.41, 5.74) is 3.51. The predicted molar refractivity (Wildman–Crippen MR) is 114 cm³/mol. The topological polar surface area (TPSA) is 71.8 Å². The average molecular weight is 408 g/mol. The fraction of sp³-hybridized carbons (Fsp3) is 0. The van der Waals surface area contributed by atoms with Crippen molar-refractivity contribution in [1.29, 1.82) is 0 Å². The third-order valence-corrected chi connectivity index (χ3v) is 4.41. The molecule has 0 saturated heterocycles. The molecule has 4 aromatic rings. The van der Waals surface area contributed by atoms with Gasteiger partial charge in [0.2, 0.25) is 0 Å². The maximum absolute atomic E-state index is 12.2. The molecule has 138 valence electrons. The number of carbonyl (C=O) groups is 1. The fourth-order valence-electron chi connectivity index (χ4n) is 2.61. The molecular weight excluding hydrogens is 394 g/mol. The molecule has 28 heavy (non-hydrogen) atoms. The van der Waals surface area contributed by atoms with Gasteiger partial charge in [-0.25, -0.2) is 0 Å². The standard InChI is InChI=1S/C20H14ClN5OS/c21-14-8-6-13(7-9-14)19(27)23-20(28)22-15-10-11-17-18(12-15)25-26(24-17)16-4-2-1-3-5-16/h1-12H,(H2,22,23,27,28). The third-order valence-electron chi connectivity index (χ3n) is 3.96. The van der Waals surface area contributed by atoms with Crippen LogP contribution in [-0.4, -0.2) is 26.0 Å². The van der Waals surface area contributed by atoms with Crippen molar-refractivity contribution in [3.8, 4) is 5.69 Å². The van der Waals surface area contributed by atoms with Gasteiger partial charge in [-0.1, -0.05) is 29.8 Å². The van der Waals surface area contributed by atoms with Crippen LogP contribution in [0, 0.1) is 0 Å². The number of benzene rings is 3. The third kappa shape index (κ3) is 4.00. The van der Waals surface area contributed by atoms with Crippen molar-refractivity contribution in [3.05, 3.63) is 83.4 Å². The van der Waals surface area contributed by atoms with Gasteiger partial charge in [0.1, 0.15) is 11.0 Å². The monoisotopic (exact) mass is 407 g/mol. The van der Waals surface area contributed by atoms with E-state index in [0.717, 1.165) is 11.2 Å². The molecule has 8 heteroatoms. The molecule has 2 N–H and O–H groups in total. The van der Waals surface area contributed by atoms with E-state index in [-0.39, 0.29) is 11.0 Å². The van der Waals surface area contributed by atoms with E-state index in [9.17, 15) is 4.79 Å². The molecule has 0 radical (unpaired) electrons. The highest BCUT2D eigenvalue weighted by Crippen LogP contribution is 2.17. The summed E-state index contributed by atoms with van der Waals surface area (Å²) in [4.78, 5) is 13.8. The van der Waals surface area contributed by atoms with Gasteiger partial charge >= 0.3 is 0 Å². The van der Waals surface area contributed by atoms with Gasteiger partial charge in [0.05, 0.1) is 5.69 Å². The summed E-state index contributed by atoms with van der Waals surface area (Å²) in [5.74, 6) is -0.315. The number of amides is 1. The number of fused-ring (bicyclic) bond motifs is 1. The van der Waals surface area contributed by atoms with Crippen LogP contribution in [0.1, 0.15) is 10.4 Å². The first-order chi connectivity index (χ1) is 13.6. The lowest BCUT2D eigenvalue weighted by atomic mass is 10.2. The normalized spacial score (nSPS) is 10.6. The molecule has 3 aromatic carbocycles. The second-order valence-electron chi connectivity index (χ2n) is 5.94. The van der Waals surface area contributed by atoms with Crippen molar-refractivity contribution in [3.63, 3.8) is 0 Å². The lowest BCUT2D eigenvalue weighted by Crippen LogP contribution is -2.34. The van der Waals surface area contributed by atoms with Crippen LogP contribution in [-0.2, 0) is 0 Å². The summed E-state index contributed by atoms with van der Waals surface area (Å²) >= 11 is 11.1. The molecule has 1 aromatic heterocycles. The summed E-state index contributed by atoms with van der Waals surface area (Å²) in [6.07, 6.45) is 0. The lowest BCUT2D eigenvalue weighted by Gasteiger charge is -2.09. The van der Waals surface area contributed by atoms with Crippen molar-refractivity contribution in [2.75, 3.05) is 5.32 Å². The minimum atomic E-state index is -0.315. The number of para-hydroxylation sites is 1. The van der Waals surface area contributed by atoms with Crippen molar-refractivity contribution < 1.29 is 4.79 Å². The number of carbonyl (C=O) groups excluding carboxylic acids is 1. The fourth-order valence-corrected chi connectivity index (χ4v) is 2.94. The summed E-state index contributed by atoms with van der Waals surface area (Å²) in [5, 5.41) is 15.3. The molecule has 0 bridgehead atoms. The number of thiocarbonyl (C=S) groups is 1. The molecule has 0 aliphatic heterocycles. The SMILES string of the molecule is O=C(NC(=S)Nc1ccc2nn(-c3ccccc3)nc2c1)c1ccc(Cl)cc1. The minimum Gasteiger partial charge on any atom is -0.332 e. The van der Waals surface area contributed by atoms with Gasteiger partial charge in [-0.05, 0) is 66.8 Å². The first-order valence-corrected chi connectivity index (χ1v) is 9.17. The number of hydrogen-bond acceptors (Lipinski definition) is 4. The highest BCUT2D eigenvalue weighted by Gasteiger charge is 2.09. The summed E-state index contributed by atoms with van der Waals surface area (Å²) in [6, 6.07) is 21.7. The van der Waals surface area contributed by atoms with Gasteiger partial charge in [-0.2, -0.15) is 4.80 Å². The van der Waals surface area contributed by atoms with Crippen molar-refractivity contribution >= 4 is 51.6 Å². The molecule has 0 saturated carbocycles. The number of nitrogens with zero attached hydrogens (tertiary/aromatic N) is 3. The second-order valence-corrected chi connectivity index (χ2v) is 6.79.